The molecule has 2 saturated carbocycles. The van der Waals surface area contributed by atoms with Gasteiger partial charge in [0.2, 0.25) is 0 Å². The van der Waals surface area contributed by atoms with Crippen molar-refractivity contribution in [1.82, 2.24) is 9.97 Å². The van der Waals surface area contributed by atoms with Crippen LogP contribution in [0.2, 0.25) is 0 Å². The Morgan fingerprint density at radius 1 is 1.16 bits per heavy atom. The molecule has 2 aromatic rings. The molecule has 0 amide bonds. The molecule has 0 bridgehead atoms. The molecule has 2 aliphatic carbocycles. The van der Waals surface area contributed by atoms with E-state index >= 15 is 0 Å². The lowest BCUT2D eigenvalue weighted by Gasteiger charge is -2.11. The smallest absolute Gasteiger partial charge is 0.294 e. The molecular formula is C15H16N2O2. The molecule has 0 aliphatic heterocycles. The highest BCUT2D eigenvalue weighted by Gasteiger charge is 2.42. The maximum absolute atomic E-state index is 11.4. The van der Waals surface area contributed by atoms with Crippen molar-refractivity contribution in [3.8, 4) is 6.01 Å². The zero-order chi connectivity index (χ0) is 12.8. The van der Waals surface area contributed by atoms with Crippen LogP contribution in [-0.4, -0.2) is 21.9 Å². The van der Waals surface area contributed by atoms with E-state index in [1.165, 1.54) is 0 Å². The summed E-state index contributed by atoms with van der Waals surface area (Å²) in [7, 11) is 0. The van der Waals surface area contributed by atoms with E-state index in [1.807, 2.05) is 24.3 Å². The zero-order valence-corrected chi connectivity index (χ0v) is 10.6. The van der Waals surface area contributed by atoms with Crippen LogP contribution in [0, 0.1) is 11.8 Å². The SMILES string of the molecule is O=C1CC2CC(Oc3nc4ccccc4[nH]3)C[C@@H]2C1. The molecule has 4 nitrogen and oxygen atoms in total. The first-order chi connectivity index (χ1) is 9.28. The highest BCUT2D eigenvalue weighted by molar-refractivity contribution is 5.81. The Balaban J connectivity index is 1.49. The van der Waals surface area contributed by atoms with Crippen LogP contribution in [0.5, 0.6) is 6.01 Å². The quantitative estimate of drug-likeness (QED) is 0.898. The van der Waals surface area contributed by atoms with Gasteiger partial charge in [-0.1, -0.05) is 12.1 Å². The molecule has 2 fully saturated rings. The van der Waals surface area contributed by atoms with Crippen molar-refractivity contribution in [2.45, 2.75) is 31.8 Å². The summed E-state index contributed by atoms with van der Waals surface area (Å²) in [6.07, 6.45) is 3.71. The number of carbonyl (C=O) groups is 1. The second-order valence-electron chi connectivity index (χ2n) is 5.74. The fourth-order valence-corrected chi connectivity index (χ4v) is 3.56. The molecule has 1 N–H and O–H groups in total. The molecule has 98 valence electrons. The molecule has 0 saturated heterocycles. The second kappa shape index (κ2) is 4.08. The molecule has 1 aromatic carbocycles. The number of para-hydroxylation sites is 2. The van der Waals surface area contributed by atoms with Gasteiger partial charge in [0.25, 0.3) is 6.01 Å². The van der Waals surface area contributed by atoms with Crippen molar-refractivity contribution < 1.29 is 9.53 Å². The van der Waals surface area contributed by atoms with Crippen LogP contribution >= 0.6 is 0 Å². The van der Waals surface area contributed by atoms with E-state index in [0.717, 1.165) is 36.7 Å². The van der Waals surface area contributed by atoms with Gasteiger partial charge in [0.15, 0.2) is 0 Å². The Bertz CT molecular complexity index is 585. The summed E-state index contributed by atoms with van der Waals surface area (Å²) >= 11 is 0. The third kappa shape index (κ3) is 1.91. The number of nitrogens with zero attached hydrogens (tertiary/aromatic N) is 1. The largest absolute Gasteiger partial charge is 0.461 e. The molecule has 2 unspecified atom stereocenters. The number of Topliss-reactive ketones (excluding diaryl/α,β-unsaturated/α-hetero) is 1. The minimum Gasteiger partial charge on any atom is -0.461 e. The van der Waals surface area contributed by atoms with E-state index in [-0.39, 0.29) is 6.10 Å². The van der Waals surface area contributed by atoms with Gasteiger partial charge in [0.05, 0.1) is 11.0 Å². The van der Waals surface area contributed by atoms with Gasteiger partial charge >= 0.3 is 0 Å². The average molecular weight is 256 g/mol. The number of nitrogens with one attached hydrogen (secondary N) is 1. The number of ether oxygens (including phenoxy) is 1. The lowest BCUT2D eigenvalue weighted by molar-refractivity contribution is -0.117. The summed E-state index contributed by atoms with van der Waals surface area (Å²) < 4.78 is 5.95. The maximum atomic E-state index is 11.4. The molecule has 3 atom stereocenters. The molecular weight excluding hydrogens is 240 g/mol. The summed E-state index contributed by atoms with van der Waals surface area (Å²) in [4.78, 5) is 19.0. The van der Waals surface area contributed by atoms with Crippen molar-refractivity contribution in [2.24, 2.45) is 11.8 Å². The predicted molar refractivity (Wildman–Crippen MR) is 71.0 cm³/mol. The minimum absolute atomic E-state index is 0.212. The van der Waals surface area contributed by atoms with E-state index < -0.39 is 0 Å². The number of fused-ring (bicyclic) bond motifs is 2. The van der Waals surface area contributed by atoms with Crippen molar-refractivity contribution in [3.63, 3.8) is 0 Å². The first-order valence-electron chi connectivity index (χ1n) is 6.91. The summed E-state index contributed by atoms with van der Waals surface area (Å²) in [6, 6.07) is 8.53. The van der Waals surface area contributed by atoms with Crippen LogP contribution < -0.4 is 4.74 Å². The van der Waals surface area contributed by atoms with Crippen LogP contribution in [0.1, 0.15) is 25.7 Å². The number of H-pyrrole nitrogens is 1. The van der Waals surface area contributed by atoms with Gasteiger partial charge in [-0.15, -0.1) is 0 Å². The lowest BCUT2D eigenvalue weighted by atomic mass is 10.0. The molecule has 4 heteroatoms. The van der Waals surface area contributed by atoms with Crippen molar-refractivity contribution >= 4 is 16.8 Å². The number of hydrogen-bond donors (Lipinski definition) is 1. The monoisotopic (exact) mass is 256 g/mol. The zero-order valence-electron chi connectivity index (χ0n) is 10.6. The van der Waals surface area contributed by atoms with Gasteiger partial charge < -0.3 is 9.72 Å². The summed E-state index contributed by atoms with van der Waals surface area (Å²) in [5, 5.41) is 0. The van der Waals surface area contributed by atoms with Crippen LogP contribution in [0.15, 0.2) is 24.3 Å². The first-order valence-corrected chi connectivity index (χ1v) is 6.91. The van der Waals surface area contributed by atoms with Crippen LogP contribution in [0.3, 0.4) is 0 Å². The van der Waals surface area contributed by atoms with E-state index in [2.05, 4.69) is 9.97 Å². The molecule has 4 rings (SSSR count). The van der Waals surface area contributed by atoms with E-state index in [1.54, 1.807) is 0 Å². The predicted octanol–water partition coefficient (Wildman–Crippen LogP) is 2.70. The molecule has 19 heavy (non-hydrogen) atoms. The Hall–Kier alpha value is -1.84. The molecule has 1 aromatic heterocycles. The van der Waals surface area contributed by atoms with Gasteiger partial charge in [-0.3, -0.25) is 4.79 Å². The lowest BCUT2D eigenvalue weighted by Crippen LogP contribution is -2.14. The Kier molecular flexibility index (Phi) is 2.37. The Labute approximate surface area is 111 Å². The topological polar surface area (TPSA) is 55.0 Å². The second-order valence-corrected chi connectivity index (χ2v) is 5.74. The number of carbonyl (C=O) groups excluding carboxylic acids is 1. The van der Waals surface area contributed by atoms with Crippen molar-refractivity contribution in [3.05, 3.63) is 24.3 Å². The average Bonchev–Trinajstić information content (AvgIpc) is 3.00. The summed E-state index contributed by atoms with van der Waals surface area (Å²) in [6.45, 7) is 0. The number of aromatic amines is 1. The highest BCUT2D eigenvalue weighted by atomic mass is 16.5. The van der Waals surface area contributed by atoms with Crippen molar-refractivity contribution in [2.75, 3.05) is 0 Å². The molecule has 0 radical (unpaired) electrons. The van der Waals surface area contributed by atoms with Gasteiger partial charge in [-0.25, -0.2) is 0 Å². The van der Waals surface area contributed by atoms with Crippen LogP contribution in [0.4, 0.5) is 0 Å². The standard InChI is InChI=1S/C15H16N2O2/c18-11-5-9-7-12(8-10(9)6-11)19-15-16-13-3-1-2-4-14(13)17-15/h1-4,9-10,12H,5-8H2,(H,16,17)/t9-,10?,12?/m0/s1. The molecule has 0 spiro atoms. The first kappa shape index (κ1) is 11.0. The fourth-order valence-electron chi connectivity index (χ4n) is 3.56. The Morgan fingerprint density at radius 2 is 1.89 bits per heavy atom. The van der Waals surface area contributed by atoms with E-state index in [0.29, 0.717) is 23.6 Å². The molecule has 2 aliphatic rings. The van der Waals surface area contributed by atoms with Gasteiger partial charge in [-0.2, -0.15) is 4.98 Å². The number of ketones is 1. The van der Waals surface area contributed by atoms with Gasteiger partial charge in [0, 0.05) is 12.8 Å². The fraction of sp³-hybridized carbons (Fsp3) is 0.467. The number of benzene rings is 1. The Morgan fingerprint density at radius 3 is 2.63 bits per heavy atom. The third-order valence-corrected chi connectivity index (χ3v) is 4.42. The highest BCUT2D eigenvalue weighted by Crippen LogP contribution is 2.43. The van der Waals surface area contributed by atoms with Crippen molar-refractivity contribution in [1.29, 1.82) is 0 Å². The van der Waals surface area contributed by atoms with E-state index in [9.17, 15) is 4.79 Å². The van der Waals surface area contributed by atoms with Crippen LogP contribution in [-0.2, 0) is 4.79 Å². The number of rotatable bonds is 2. The molecule has 1 heterocycles. The van der Waals surface area contributed by atoms with Gasteiger partial charge in [-0.05, 0) is 36.8 Å². The van der Waals surface area contributed by atoms with E-state index in [4.69, 9.17) is 4.74 Å². The third-order valence-electron chi connectivity index (χ3n) is 4.42. The number of imidazole rings is 1. The van der Waals surface area contributed by atoms with Crippen LogP contribution in [0.25, 0.3) is 11.0 Å². The minimum atomic E-state index is 0.212. The van der Waals surface area contributed by atoms with Gasteiger partial charge in [0.1, 0.15) is 11.9 Å². The maximum Gasteiger partial charge on any atom is 0.294 e. The number of hydrogen-bond acceptors (Lipinski definition) is 3. The summed E-state index contributed by atoms with van der Waals surface area (Å²) in [5.41, 5.74) is 1.94. The summed E-state index contributed by atoms with van der Waals surface area (Å²) in [5.74, 6) is 1.51. The normalized spacial score (nSPS) is 29.9. The number of aromatic nitrogens is 2.